The van der Waals surface area contributed by atoms with E-state index in [-0.39, 0.29) is 35.3 Å². The van der Waals surface area contributed by atoms with Crippen molar-refractivity contribution in [3.63, 3.8) is 0 Å². The molecule has 140 valence electrons. The SMILES string of the molecule is Cc1ccc(F)c(C(=O)N(Cc2ccsc2)C2CC23CCNCC3)c1.Cl. The molecule has 1 amide bonds. The van der Waals surface area contributed by atoms with Crippen LogP contribution in [-0.2, 0) is 6.54 Å². The highest BCUT2D eigenvalue weighted by Crippen LogP contribution is 2.56. The zero-order valence-electron chi connectivity index (χ0n) is 14.8. The van der Waals surface area contributed by atoms with E-state index < -0.39 is 5.82 Å². The molecule has 3 nitrogen and oxygen atoms in total. The van der Waals surface area contributed by atoms with Crippen LogP contribution < -0.4 is 5.32 Å². The third-order valence-corrected chi connectivity index (χ3v) is 6.40. The summed E-state index contributed by atoms with van der Waals surface area (Å²) in [5.74, 6) is -0.598. The Balaban J connectivity index is 0.00000196. The normalized spacial score (nSPS) is 20.5. The minimum atomic E-state index is -0.425. The average molecular weight is 395 g/mol. The summed E-state index contributed by atoms with van der Waals surface area (Å²) in [6.07, 6.45) is 3.24. The molecular weight excluding hydrogens is 371 g/mol. The number of nitrogens with one attached hydrogen (secondary N) is 1. The lowest BCUT2D eigenvalue weighted by molar-refractivity contribution is 0.0687. The molecule has 4 rings (SSSR count). The van der Waals surface area contributed by atoms with Gasteiger partial charge in [0.05, 0.1) is 5.56 Å². The number of benzene rings is 1. The number of rotatable bonds is 4. The van der Waals surface area contributed by atoms with Gasteiger partial charge in [0.1, 0.15) is 5.82 Å². The lowest BCUT2D eigenvalue weighted by Crippen LogP contribution is -2.39. The fourth-order valence-corrected chi connectivity index (χ4v) is 4.75. The van der Waals surface area contributed by atoms with Crippen molar-refractivity contribution in [1.29, 1.82) is 0 Å². The number of carbonyl (C=O) groups excluding carboxylic acids is 1. The molecule has 0 bridgehead atoms. The highest BCUT2D eigenvalue weighted by atomic mass is 35.5. The van der Waals surface area contributed by atoms with Crippen LogP contribution in [0.25, 0.3) is 0 Å². The van der Waals surface area contributed by atoms with Crippen LogP contribution in [0.2, 0.25) is 0 Å². The molecule has 6 heteroatoms. The van der Waals surface area contributed by atoms with Crippen molar-refractivity contribution in [2.45, 2.75) is 38.8 Å². The van der Waals surface area contributed by atoms with Gasteiger partial charge in [0.15, 0.2) is 0 Å². The molecule has 1 aromatic carbocycles. The second kappa shape index (κ2) is 7.67. The van der Waals surface area contributed by atoms with Crippen molar-refractivity contribution in [3.8, 4) is 0 Å². The van der Waals surface area contributed by atoms with Gasteiger partial charge in [-0.15, -0.1) is 12.4 Å². The second-order valence-electron chi connectivity index (χ2n) is 7.38. The molecule has 2 heterocycles. The molecule has 1 saturated heterocycles. The van der Waals surface area contributed by atoms with Crippen LogP contribution in [0.15, 0.2) is 35.0 Å². The Bertz CT molecular complexity index is 774. The third-order valence-electron chi connectivity index (χ3n) is 5.67. The Morgan fingerprint density at radius 1 is 1.35 bits per heavy atom. The van der Waals surface area contributed by atoms with Gasteiger partial charge in [-0.2, -0.15) is 11.3 Å². The number of nitrogens with zero attached hydrogens (tertiary/aromatic N) is 1. The standard InChI is InChI=1S/C20H23FN2OS.ClH/c1-14-2-3-17(21)16(10-14)19(24)23(12-15-4-9-25-13-15)18-11-20(18)5-7-22-8-6-20;/h2-4,9-10,13,18,22H,5-8,11-12H2,1H3;1H. The fourth-order valence-electron chi connectivity index (χ4n) is 4.09. The third kappa shape index (κ3) is 3.66. The molecule has 2 aliphatic rings. The number of amides is 1. The summed E-state index contributed by atoms with van der Waals surface area (Å²) in [7, 11) is 0. The van der Waals surface area contributed by atoms with Crippen LogP contribution in [0.3, 0.4) is 0 Å². The quantitative estimate of drug-likeness (QED) is 0.833. The first-order valence-corrected chi connectivity index (χ1v) is 9.82. The van der Waals surface area contributed by atoms with Gasteiger partial charge in [-0.05, 0) is 79.2 Å². The number of carbonyl (C=O) groups is 1. The summed E-state index contributed by atoms with van der Waals surface area (Å²) in [5, 5.41) is 7.50. The van der Waals surface area contributed by atoms with Crippen LogP contribution in [-0.4, -0.2) is 29.9 Å². The monoisotopic (exact) mass is 394 g/mol. The van der Waals surface area contributed by atoms with Crippen LogP contribution in [0.4, 0.5) is 4.39 Å². The molecule has 1 aromatic heterocycles. The lowest BCUT2D eigenvalue weighted by Gasteiger charge is -2.30. The Hall–Kier alpha value is -1.43. The summed E-state index contributed by atoms with van der Waals surface area (Å²) in [6.45, 7) is 4.48. The Morgan fingerprint density at radius 2 is 2.12 bits per heavy atom. The number of hydrogen-bond acceptors (Lipinski definition) is 3. The van der Waals surface area contributed by atoms with E-state index in [1.54, 1.807) is 23.5 Å². The molecule has 1 N–H and O–H groups in total. The van der Waals surface area contributed by atoms with Crippen molar-refractivity contribution in [3.05, 3.63) is 57.5 Å². The minimum absolute atomic E-state index is 0. The van der Waals surface area contributed by atoms with E-state index in [9.17, 15) is 9.18 Å². The first kappa shape index (κ1) is 19.3. The van der Waals surface area contributed by atoms with Gasteiger partial charge in [0.2, 0.25) is 0 Å². The summed E-state index contributed by atoms with van der Waals surface area (Å²) in [6, 6.07) is 7.06. The zero-order valence-corrected chi connectivity index (χ0v) is 16.5. The first-order chi connectivity index (χ1) is 12.1. The predicted molar refractivity (Wildman–Crippen MR) is 106 cm³/mol. The van der Waals surface area contributed by atoms with Gasteiger partial charge in [0.25, 0.3) is 5.91 Å². The minimum Gasteiger partial charge on any atom is -0.331 e. The van der Waals surface area contributed by atoms with Gasteiger partial charge in [-0.25, -0.2) is 4.39 Å². The summed E-state index contributed by atoms with van der Waals surface area (Å²) >= 11 is 1.63. The highest BCUT2D eigenvalue weighted by Gasteiger charge is 2.57. The second-order valence-corrected chi connectivity index (χ2v) is 8.16. The molecule has 1 atom stereocenters. The van der Waals surface area contributed by atoms with E-state index in [0.29, 0.717) is 6.54 Å². The molecule has 26 heavy (non-hydrogen) atoms. The summed E-state index contributed by atoms with van der Waals surface area (Å²) in [4.78, 5) is 15.1. The van der Waals surface area contributed by atoms with Crippen molar-refractivity contribution in [2.24, 2.45) is 5.41 Å². The van der Waals surface area contributed by atoms with E-state index in [0.717, 1.165) is 43.5 Å². The van der Waals surface area contributed by atoms with Crippen LogP contribution >= 0.6 is 23.7 Å². The van der Waals surface area contributed by atoms with E-state index >= 15 is 0 Å². The molecular formula is C20H24ClFN2OS. The zero-order chi connectivity index (χ0) is 17.4. The first-order valence-electron chi connectivity index (χ1n) is 8.88. The summed E-state index contributed by atoms with van der Waals surface area (Å²) < 4.78 is 14.3. The van der Waals surface area contributed by atoms with Crippen molar-refractivity contribution >= 4 is 29.7 Å². The van der Waals surface area contributed by atoms with Crippen molar-refractivity contribution in [2.75, 3.05) is 13.1 Å². The van der Waals surface area contributed by atoms with Gasteiger partial charge in [-0.3, -0.25) is 4.79 Å². The predicted octanol–water partition coefficient (Wildman–Crippen LogP) is 4.40. The maximum Gasteiger partial charge on any atom is 0.257 e. The van der Waals surface area contributed by atoms with Gasteiger partial charge in [-0.1, -0.05) is 11.6 Å². The van der Waals surface area contributed by atoms with Gasteiger partial charge in [0, 0.05) is 12.6 Å². The summed E-state index contributed by atoms with van der Waals surface area (Å²) in [5.41, 5.74) is 2.47. The van der Waals surface area contributed by atoms with E-state index in [4.69, 9.17) is 0 Å². The smallest absolute Gasteiger partial charge is 0.257 e. The number of thiophene rings is 1. The molecule has 2 aromatic rings. The number of hydrogen-bond donors (Lipinski definition) is 1. The van der Waals surface area contributed by atoms with E-state index in [2.05, 4.69) is 16.8 Å². The molecule has 1 aliphatic carbocycles. The van der Waals surface area contributed by atoms with Crippen LogP contribution in [0.1, 0.15) is 40.7 Å². The fraction of sp³-hybridized carbons (Fsp3) is 0.450. The van der Waals surface area contributed by atoms with Gasteiger partial charge < -0.3 is 10.2 Å². The van der Waals surface area contributed by atoms with Crippen molar-refractivity contribution < 1.29 is 9.18 Å². The largest absolute Gasteiger partial charge is 0.331 e. The maximum atomic E-state index is 14.3. The average Bonchev–Trinajstić information content (AvgIpc) is 3.05. The lowest BCUT2D eigenvalue weighted by atomic mass is 9.93. The van der Waals surface area contributed by atoms with E-state index in [1.165, 1.54) is 6.07 Å². The topological polar surface area (TPSA) is 32.3 Å². The highest BCUT2D eigenvalue weighted by molar-refractivity contribution is 7.07. The number of aryl methyl sites for hydroxylation is 1. The van der Waals surface area contributed by atoms with Crippen molar-refractivity contribution in [1.82, 2.24) is 10.2 Å². The molecule has 1 saturated carbocycles. The number of piperidine rings is 1. The number of halogens is 2. The molecule has 0 radical (unpaired) electrons. The Kier molecular flexibility index (Phi) is 5.70. The molecule has 1 aliphatic heterocycles. The van der Waals surface area contributed by atoms with Crippen LogP contribution in [0, 0.1) is 18.2 Å². The van der Waals surface area contributed by atoms with E-state index in [1.807, 2.05) is 17.2 Å². The van der Waals surface area contributed by atoms with Crippen LogP contribution in [0.5, 0.6) is 0 Å². The molecule has 1 unspecified atom stereocenters. The Morgan fingerprint density at radius 3 is 2.81 bits per heavy atom. The Labute approximate surface area is 164 Å². The van der Waals surface area contributed by atoms with Gasteiger partial charge >= 0.3 is 0 Å². The molecule has 2 fully saturated rings. The molecule has 1 spiro atoms. The maximum absolute atomic E-state index is 14.3.